The normalized spacial score (nSPS) is 13.4. The van der Waals surface area contributed by atoms with E-state index in [1.807, 2.05) is 24.3 Å². The molecule has 1 aliphatic rings. The summed E-state index contributed by atoms with van der Waals surface area (Å²) in [5.41, 5.74) is 15.1. The van der Waals surface area contributed by atoms with Crippen molar-refractivity contribution in [2.45, 2.75) is 23.8 Å². The van der Waals surface area contributed by atoms with Gasteiger partial charge in [-0.1, -0.05) is 18.2 Å². The summed E-state index contributed by atoms with van der Waals surface area (Å²) in [4.78, 5) is 16.3. The van der Waals surface area contributed by atoms with Crippen LogP contribution in [0.3, 0.4) is 0 Å². The van der Waals surface area contributed by atoms with Gasteiger partial charge in [-0.05, 0) is 66.1 Å². The Morgan fingerprint density at radius 3 is 2.57 bits per heavy atom. The monoisotopic (exact) mass is 520 g/mol. The number of hydrogen-bond acceptors (Lipinski definition) is 7. The third kappa shape index (κ3) is 6.20. The van der Waals surface area contributed by atoms with Gasteiger partial charge in [0.05, 0.1) is 30.3 Å². The molecule has 1 aliphatic heterocycles. The van der Waals surface area contributed by atoms with Gasteiger partial charge in [-0.25, -0.2) is 13.1 Å². The third-order valence-electron chi connectivity index (χ3n) is 5.93. The maximum absolute atomic E-state index is 13.4. The number of nitrogens with one attached hydrogen (secondary N) is 3. The van der Waals surface area contributed by atoms with Crippen LogP contribution in [0.25, 0.3) is 0 Å². The number of sulfonamides is 1. The van der Waals surface area contributed by atoms with E-state index in [1.54, 1.807) is 25.3 Å². The van der Waals surface area contributed by atoms with Crippen molar-refractivity contribution in [2.24, 2.45) is 16.5 Å². The summed E-state index contributed by atoms with van der Waals surface area (Å²) in [6.45, 7) is -0.176. The van der Waals surface area contributed by atoms with E-state index in [2.05, 4.69) is 10.0 Å². The third-order valence-corrected chi connectivity index (χ3v) is 7.42. The molecule has 1 heterocycles. The molecule has 0 radical (unpaired) electrons. The minimum atomic E-state index is -3.95. The molecule has 1 amide bonds. The lowest BCUT2D eigenvalue weighted by Gasteiger charge is -2.20. The molecule has 7 N–H and O–H groups in total. The molecule has 0 spiro atoms. The number of carbonyl (C=O) groups is 1. The quantitative estimate of drug-likeness (QED) is 0.202. The van der Waals surface area contributed by atoms with Crippen molar-refractivity contribution in [3.05, 3.63) is 83.4 Å². The smallest absolute Gasteiger partial charge is 0.241 e. The predicted molar refractivity (Wildman–Crippen MR) is 143 cm³/mol. The van der Waals surface area contributed by atoms with Gasteiger partial charge < -0.3 is 21.5 Å². The Balaban J connectivity index is 1.63. The maximum Gasteiger partial charge on any atom is 0.241 e. The molecule has 0 aromatic heterocycles. The molecule has 1 atom stereocenters. The van der Waals surface area contributed by atoms with Crippen molar-refractivity contribution in [1.82, 2.24) is 4.72 Å². The number of nitrogens with two attached hydrogens (primary N) is 2. The Morgan fingerprint density at radius 2 is 1.89 bits per heavy atom. The number of benzene rings is 3. The molecule has 10 nitrogen and oxygen atoms in total. The first-order chi connectivity index (χ1) is 17.7. The van der Waals surface area contributed by atoms with Gasteiger partial charge in [0, 0.05) is 23.4 Å². The SMILES string of the molecule is COc1ccc2c(c1)CC([C@H](Cc1cccc(C(=N)N)c1)NS(=O)(=O)c1ccc(NC(=O)CN)cc1)=N2. The zero-order valence-electron chi connectivity index (χ0n) is 20.2. The summed E-state index contributed by atoms with van der Waals surface area (Å²) >= 11 is 0. The van der Waals surface area contributed by atoms with Crippen LogP contribution in [-0.2, 0) is 27.7 Å². The predicted octanol–water partition coefficient (Wildman–Crippen LogP) is 2.09. The zero-order valence-corrected chi connectivity index (χ0v) is 21.0. The van der Waals surface area contributed by atoms with Gasteiger partial charge in [0.25, 0.3) is 0 Å². The topological polar surface area (TPSA) is 173 Å². The number of nitrogen functional groups attached to an aromatic ring is 1. The number of carbonyl (C=O) groups excluding carboxylic acids is 1. The number of hydrogen-bond donors (Lipinski definition) is 5. The number of methoxy groups -OCH3 is 1. The number of aliphatic imine (C=N–C) groups is 1. The van der Waals surface area contributed by atoms with E-state index >= 15 is 0 Å². The molecule has 3 aromatic carbocycles. The fourth-order valence-electron chi connectivity index (χ4n) is 4.04. The Hall–Kier alpha value is -4.06. The van der Waals surface area contributed by atoms with Crippen molar-refractivity contribution in [2.75, 3.05) is 19.0 Å². The lowest BCUT2D eigenvalue weighted by Crippen LogP contribution is -2.42. The molecule has 4 rings (SSSR count). The van der Waals surface area contributed by atoms with Crippen LogP contribution < -0.4 is 26.2 Å². The van der Waals surface area contributed by atoms with Gasteiger partial charge in [-0.3, -0.25) is 15.2 Å². The highest BCUT2D eigenvalue weighted by Gasteiger charge is 2.28. The van der Waals surface area contributed by atoms with Gasteiger partial charge >= 0.3 is 0 Å². The number of fused-ring (bicyclic) bond motifs is 1. The van der Waals surface area contributed by atoms with Crippen molar-refractivity contribution in [3.63, 3.8) is 0 Å². The molecule has 0 fully saturated rings. The summed E-state index contributed by atoms with van der Waals surface area (Å²) in [6, 6.07) is 17.8. The Bertz CT molecular complexity index is 1470. The molecule has 37 heavy (non-hydrogen) atoms. The Labute approximate surface area is 215 Å². The number of amides is 1. The number of nitrogens with zero attached hydrogens (tertiary/aromatic N) is 1. The van der Waals surface area contributed by atoms with Crippen LogP contribution in [0.4, 0.5) is 11.4 Å². The van der Waals surface area contributed by atoms with Crippen molar-refractivity contribution < 1.29 is 17.9 Å². The van der Waals surface area contributed by atoms with Crippen LogP contribution >= 0.6 is 0 Å². The van der Waals surface area contributed by atoms with E-state index < -0.39 is 16.1 Å². The lowest BCUT2D eigenvalue weighted by molar-refractivity contribution is -0.114. The maximum atomic E-state index is 13.4. The Morgan fingerprint density at radius 1 is 1.14 bits per heavy atom. The fraction of sp³-hybridized carbons (Fsp3) is 0.192. The highest BCUT2D eigenvalue weighted by molar-refractivity contribution is 7.89. The van der Waals surface area contributed by atoms with Crippen molar-refractivity contribution in [1.29, 1.82) is 5.41 Å². The first kappa shape index (κ1) is 26.0. The highest BCUT2D eigenvalue weighted by atomic mass is 32.2. The van der Waals surface area contributed by atoms with Gasteiger partial charge in [0.1, 0.15) is 11.6 Å². The van der Waals surface area contributed by atoms with E-state index in [0.29, 0.717) is 35.6 Å². The lowest BCUT2D eigenvalue weighted by atomic mass is 9.98. The van der Waals surface area contributed by atoms with Crippen molar-refractivity contribution in [3.8, 4) is 5.75 Å². The molecular weight excluding hydrogens is 492 g/mol. The van der Waals surface area contributed by atoms with Crippen LogP contribution in [0.1, 0.15) is 16.7 Å². The van der Waals surface area contributed by atoms with Crippen molar-refractivity contribution >= 4 is 38.9 Å². The molecule has 11 heteroatoms. The molecule has 0 unspecified atom stereocenters. The number of ether oxygens (including phenoxy) is 1. The van der Waals surface area contributed by atoms with Crippen LogP contribution in [0, 0.1) is 5.41 Å². The second-order valence-corrected chi connectivity index (χ2v) is 10.3. The van der Waals surface area contributed by atoms with Crippen LogP contribution in [-0.4, -0.2) is 45.6 Å². The van der Waals surface area contributed by atoms with E-state index in [0.717, 1.165) is 16.8 Å². The van der Waals surface area contributed by atoms with Gasteiger partial charge in [0.15, 0.2) is 0 Å². The summed E-state index contributed by atoms with van der Waals surface area (Å²) < 4.78 is 34.9. The second kappa shape index (κ2) is 10.9. The second-order valence-electron chi connectivity index (χ2n) is 8.54. The minimum Gasteiger partial charge on any atom is -0.497 e. The van der Waals surface area contributed by atoms with Gasteiger partial charge in [0.2, 0.25) is 15.9 Å². The van der Waals surface area contributed by atoms with Gasteiger partial charge in [-0.15, -0.1) is 0 Å². The highest BCUT2D eigenvalue weighted by Crippen LogP contribution is 2.32. The largest absolute Gasteiger partial charge is 0.497 e. The van der Waals surface area contributed by atoms with Crippen LogP contribution in [0.5, 0.6) is 5.75 Å². The number of anilines is 1. The average molecular weight is 521 g/mol. The van der Waals surface area contributed by atoms with Gasteiger partial charge in [-0.2, -0.15) is 0 Å². The first-order valence-electron chi connectivity index (χ1n) is 11.5. The summed E-state index contributed by atoms with van der Waals surface area (Å²) in [6.07, 6.45) is 0.755. The van der Waals surface area contributed by atoms with E-state index in [4.69, 9.17) is 26.6 Å². The number of amidine groups is 1. The molecule has 0 bridgehead atoms. The van der Waals surface area contributed by atoms with E-state index in [1.165, 1.54) is 24.3 Å². The fourth-order valence-corrected chi connectivity index (χ4v) is 5.27. The van der Waals surface area contributed by atoms with E-state index in [9.17, 15) is 13.2 Å². The Kier molecular flexibility index (Phi) is 7.67. The minimum absolute atomic E-state index is 0.0403. The molecule has 0 saturated heterocycles. The zero-order chi connectivity index (χ0) is 26.6. The summed E-state index contributed by atoms with van der Waals surface area (Å²) in [5.74, 6) is 0.249. The standard InChI is InChI=1S/C26H28N6O4S/c1-36-20-7-10-22-18(13-20)14-23(31-22)24(12-16-3-2-4-17(11-16)26(28)29)32-37(34,35)21-8-5-19(6-9-21)30-25(33)15-27/h2-11,13,24,32H,12,14-15,27H2,1H3,(H3,28,29)(H,30,33)/t24-/m0/s1. The molecule has 0 saturated carbocycles. The summed E-state index contributed by atoms with van der Waals surface area (Å²) in [5, 5.41) is 10.3. The van der Waals surface area contributed by atoms with Crippen LogP contribution in [0.15, 0.2) is 76.6 Å². The number of rotatable bonds is 10. The van der Waals surface area contributed by atoms with Crippen LogP contribution in [0.2, 0.25) is 0 Å². The molecule has 192 valence electrons. The summed E-state index contributed by atoms with van der Waals surface area (Å²) in [7, 11) is -2.37. The first-order valence-corrected chi connectivity index (χ1v) is 13.0. The molecule has 0 aliphatic carbocycles. The van der Waals surface area contributed by atoms with E-state index in [-0.39, 0.29) is 23.2 Å². The average Bonchev–Trinajstić information content (AvgIpc) is 3.32. The molecular formula is C26H28N6O4S. The molecule has 3 aromatic rings.